The van der Waals surface area contributed by atoms with E-state index >= 15 is 0 Å². The monoisotopic (exact) mass is 346 g/mol. The first-order chi connectivity index (χ1) is 6.58. The molecule has 2 aliphatic carbocycles. The molecule has 0 aromatic heterocycles. The quantitative estimate of drug-likeness (QED) is 0.440. The molecule has 2 rings (SSSR count). The van der Waals surface area contributed by atoms with Crippen molar-refractivity contribution in [1.82, 2.24) is 0 Å². The van der Waals surface area contributed by atoms with Crippen molar-refractivity contribution in [3.05, 3.63) is 47.6 Å². The Morgan fingerprint density at radius 3 is 1.18 bits per heavy atom. The Morgan fingerprint density at radius 2 is 1.12 bits per heavy atom. The maximum absolute atomic E-state index is 3.15. The predicted octanol–water partition coefficient (Wildman–Crippen LogP) is -2.11. The van der Waals surface area contributed by atoms with Crippen LogP contribution in [0, 0.1) is 24.0 Å². The molecule has 0 amide bonds. The molecule has 0 fully saturated rings. The second-order valence-electron chi connectivity index (χ2n) is 4.02. The molecule has 0 radical (unpaired) electrons. The molecule has 0 aromatic rings. The van der Waals surface area contributed by atoms with Gasteiger partial charge in [-0.2, -0.15) is 12.2 Å². The third-order valence-corrected chi connectivity index (χ3v) is 2.17. The minimum Gasteiger partial charge on any atom is -1.00 e. The first kappa shape index (κ1) is 22.6. The van der Waals surface area contributed by atoms with Crippen LogP contribution in [0.15, 0.2) is 35.5 Å². The van der Waals surface area contributed by atoms with Crippen LogP contribution >= 0.6 is 0 Å². The number of rotatable bonds is 0. The molecular formula is C14H18Cl2Zr. The zero-order chi connectivity index (χ0) is 10.6. The smallest absolute Gasteiger partial charge is 1.00 e. The maximum atomic E-state index is 3.15. The Hall–Kier alpha value is 0.423. The van der Waals surface area contributed by atoms with Gasteiger partial charge in [-0.1, -0.05) is 25.7 Å². The SMILES string of the molecule is CC1=CC(C)[C-]=C1.CC1=CC(C)[C-]=C1.[Cl-].[Cl-].[Zr+4]. The summed E-state index contributed by atoms with van der Waals surface area (Å²) in [6.45, 7) is 8.45. The van der Waals surface area contributed by atoms with Crippen LogP contribution in [-0.4, -0.2) is 0 Å². The third kappa shape index (κ3) is 10.1. The van der Waals surface area contributed by atoms with Crippen molar-refractivity contribution < 1.29 is 51.0 Å². The maximum Gasteiger partial charge on any atom is 4.00 e. The average molecular weight is 348 g/mol. The van der Waals surface area contributed by atoms with Crippen molar-refractivity contribution in [1.29, 1.82) is 0 Å². The van der Waals surface area contributed by atoms with Gasteiger partial charge in [0.05, 0.1) is 0 Å². The summed E-state index contributed by atoms with van der Waals surface area (Å²) in [5.74, 6) is 1.11. The molecule has 0 saturated carbocycles. The van der Waals surface area contributed by atoms with E-state index in [2.05, 4.69) is 52.0 Å². The molecule has 0 N–H and O–H groups in total. The van der Waals surface area contributed by atoms with Gasteiger partial charge in [-0.3, -0.25) is 12.2 Å². The van der Waals surface area contributed by atoms with Gasteiger partial charge in [0.15, 0.2) is 0 Å². The van der Waals surface area contributed by atoms with Crippen LogP contribution in [0.4, 0.5) is 0 Å². The van der Waals surface area contributed by atoms with Crippen LogP contribution in [0.3, 0.4) is 0 Å². The zero-order valence-corrected chi connectivity index (χ0v) is 14.7. The summed E-state index contributed by atoms with van der Waals surface area (Å²) < 4.78 is 0. The van der Waals surface area contributed by atoms with Gasteiger partial charge in [0, 0.05) is 0 Å². The summed E-state index contributed by atoms with van der Waals surface area (Å²) in [5.41, 5.74) is 2.68. The first-order valence-electron chi connectivity index (χ1n) is 5.13. The molecule has 0 nitrogen and oxygen atoms in total. The molecule has 2 unspecified atom stereocenters. The van der Waals surface area contributed by atoms with Crippen molar-refractivity contribution in [3.8, 4) is 0 Å². The van der Waals surface area contributed by atoms with Gasteiger partial charge >= 0.3 is 26.2 Å². The van der Waals surface area contributed by atoms with E-state index < -0.39 is 0 Å². The minimum absolute atomic E-state index is 0. The van der Waals surface area contributed by atoms with Crippen LogP contribution in [-0.2, 0) is 26.2 Å². The van der Waals surface area contributed by atoms with E-state index in [1.54, 1.807) is 0 Å². The van der Waals surface area contributed by atoms with E-state index in [1.165, 1.54) is 11.1 Å². The normalized spacial score (nSPS) is 23.3. The van der Waals surface area contributed by atoms with Gasteiger partial charge in [-0.25, -0.2) is 23.3 Å². The summed E-state index contributed by atoms with van der Waals surface area (Å²) in [5, 5.41) is 0. The molecule has 0 spiro atoms. The Balaban J connectivity index is -0.000000196. The average Bonchev–Trinajstić information content (AvgIpc) is 2.63. The number of allylic oxidation sites excluding steroid dienone is 8. The standard InChI is InChI=1S/2C7H9.2ClH.Zr/c2*1-6-3-4-7(2)5-6;;;/h2*3,5,7H,1-2H3;2*1H;/q2*-1;;;+4/p-2. The third-order valence-electron chi connectivity index (χ3n) is 2.17. The fourth-order valence-corrected chi connectivity index (χ4v) is 1.51. The predicted molar refractivity (Wildman–Crippen MR) is 61.5 cm³/mol. The summed E-state index contributed by atoms with van der Waals surface area (Å²) >= 11 is 0. The number of hydrogen-bond donors (Lipinski definition) is 0. The first-order valence-corrected chi connectivity index (χ1v) is 5.13. The molecule has 0 aliphatic heterocycles. The summed E-state index contributed by atoms with van der Waals surface area (Å²) in [6, 6.07) is 0. The van der Waals surface area contributed by atoms with Crippen molar-refractivity contribution in [3.63, 3.8) is 0 Å². The second-order valence-corrected chi connectivity index (χ2v) is 4.02. The molecule has 17 heavy (non-hydrogen) atoms. The van der Waals surface area contributed by atoms with Crippen LogP contribution < -0.4 is 24.8 Å². The largest absolute Gasteiger partial charge is 4.00 e. The summed E-state index contributed by atoms with van der Waals surface area (Å²) in [6.07, 6.45) is 14.8. The van der Waals surface area contributed by atoms with Gasteiger partial charge in [0.25, 0.3) is 0 Å². The molecule has 0 saturated heterocycles. The molecule has 0 heterocycles. The molecule has 0 aromatic carbocycles. The summed E-state index contributed by atoms with van der Waals surface area (Å²) in [7, 11) is 0. The fraction of sp³-hybridized carbons (Fsp3) is 0.429. The molecule has 0 bridgehead atoms. The van der Waals surface area contributed by atoms with Crippen LogP contribution in [0.2, 0.25) is 0 Å². The summed E-state index contributed by atoms with van der Waals surface area (Å²) in [4.78, 5) is 0. The number of hydrogen-bond acceptors (Lipinski definition) is 0. The molecule has 2 aliphatic rings. The van der Waals surface area contributed by atoms with Crippen LogP contribution in [0.1, 0.15) is 27.7 Å². The molecular weight excluding hydrogens is 330 g/mol. The van der Waals surface area contributed by atoms with Crippen LogP contribution in [0.25, 0.3) is 0 Å². The van der Waals surface area contributed by atoms with Gasteiger partial charge < -0.3 is 24.8 Å². The minimum atomic E-state index is 0. The number of halogens is 2. The van der Waals surface area contributed by atoms with E-state index in [9.17, 15) is 0 Å². The van der Waals surface area contributed by atoms with E-state index in [-0.39, 0.29) is 51.0 Å². The van der Waals surface area contributed by atoms with Crippen molar-refractivity contribution in [2.75, 3.05) is 0 Å². The Morgan fingerprint density at radius 1 is 0.824 bits per heavy atom. The molecule has 3 heteroatoms. The van der Waals surface area contributed by atoms with Crippen molar-refractivity contribution in [2.24, 2.45) is 11.8 Å². The van der Waals surface area contributed by atoms with E-state index in [0.717, 1.165) is 0 Å². The van der Waals surface area contributed by atoms with Gasteiger partial charge in [-0.15, -0.1) is 13.8 Å². The Bertz CT molecular complexity index is 282. The van der Waals surface area contributed by atoms with E-state index in [0.29, 0.717) is 11.8 Å². The van der Waals surface area contributed by atoms with Gasteiger partial charge in [0.1, 0.15) is 0 Å². The Kier molecular flexibility index (Phi) is 15.3. The topological polar surface area (TPSA) is 0 Å². The molecule has 92 valence electrons. The van der Waals surface area contributed by atoms with Gasteiger partial charge in [0.2, 0.25) is 0 Å². The zero-order valence-electron chi connectivity index (χ0n) is 10.7. The molecule has 2 atom stereocenters. The van der Waals surface area contributed by atoms with Gasteiger partial charge in [-0.05, 0) is 0 Å². The van der Waals surface area contributed by atoms with Crippen molar-refractivity contribution >= 4 is 0 Å². The van der Waals surface area contributed by atoms with E-state index in [4.69, 9.17) is 0 Å². The Labute approximate surface area is 137 Å². The van der Waals surface area contributed by atoms with E-state index in [1.807, 2.05) is 12.2 Å². The fourth-order valence-electron chi connectivity index (χ4n) is 1.51. The second kappa shape index (κ2) is 11.5. The van der Waals surface area contributed by atoms with Crippen molar-refractivity contribution in [2.45, 2.75) is 27.7 Å². The van der Waals surface area contributed by atoms with Crippen LogP contribution in [0.5, 0.6) is 0 Å².